The van der Waals surface area contributed by atoms with Gasteiger partial charge in [-0.2, -0.15) is 18.3 Å². The summed E-state index contributed by atoms with van der Waals surface area (Å²) < 4.78 is 39.2. The number of benzene rings is 2. The Hall–Kier alpha value is -2.60. The van der Waals surface area contributed by atoms with Gasteiger partial charge in [0.15, 0.2) is 5.69 Å². The molecule has 0 aliphatic heterocycles. The van der Waals surface area contributed by atoms with Crippen molar-refractivity contribution < 1.29 is 13.2 Å². The second-order valence-electron chi connectivity index (χ2n) is 6.87. The Morgan fingerprint density at radius 2 is 1.59 bits per heavy atom. The Kier molecular flexibility index (Phi) is 4.74. The molecule has 0 fully saturated rings. The molecule has 0 amide bonds. The Labute approximate surface area is 155 Å². The summed E-state index contributed by atoms with van der Waals surface area (Å²) in [5, 5.41) is 7.01. The third-order valence-corrected chi connectivity index (χ3v) is 4.90. The van der Waals surface area contributed by atoms with Gasteiger partial charge < -0.3 is 5.32 Å². The van der Waals surface area contributed by atoms with Crippen LogP contribution >= 0.6 is 0 Å². The van der Waals surface area contributed by atoms with Crippen molar-refractivity contribution in [3.8, 4) is 5.69 Å². The van der Waals surface area contributed by atoms with Gasteiger partial charge in [-0.1, -0.05) is 30.3 Å². The second kappa shape index (κ2) is 7.19. The number of hydrogen-bond acceptors (Lipinski definition) is 2. The Morgan fingerprint density at radius 1 is 0.889 bits per heavy atom. The lowest BCUT2D eigenvalue weighted by molar-refractivity contribution is -0.141. The van der Waals surface area contributed by atoms with Crippen LogP contribution in [0.2, 0.25) is 0 Å². The van der Waals surface area contributed by atoms with Crippen molar-refractivity contribution in [2.45, 2.75) is 38.5 Å². The molecule has 4 rings (SSSR count). The minimum Gasteiger partial charge on any atom is -0.309 e. The highest BCUT2D eigenvalue weighted by Gasteiger charge is 2.33. The number of alkyl halides is 3. The maximum absolute atomic E-state index is 12.6. The highest BCUT2D eigenvalue weighted by Crippen LogP contribution is 2.28. The van der Waals surface area contributed by atoms with Crippen LogP contribution < -0.4 is 5.32 Å². The van der Waals surface area contributed by atoms with Crippen LogP contribution in [0.5, 0.6) is 0 Å². The average molecular weight is 371 g/mol. The van der Waals surface area contributed by atoms with Crippen LogP contribution in [0.15, 0.2) is 54.7 Å². The SMILES string of the molecule is FC(F)(F)c1ccn(-c2ccc(CNCc3ccc4c(c3)CCC4)cc2)n1. The molecule has 1 aromatic heterocycles. The third kappa shape index (κ3) is 4.06. The van der Waals surface area contributed by atoms with E-state index in [1.54, 1.807) is 12.1 Å². The summed E-state index contributed by atoms with van der Waals surface area (Å²) in [5.41, 5.74) is 5.01. The van der Waals surface area contributed by atoms with Gasteiger partial charge in [0.05, 0.1) is 5.69 Å². The molecule has 0 saturated carbocycles. The molecule has 27 heavy (non-hydrogen) atoms. The van der Waals surface area contributed by atoms with Crippen molar-refractivity contribution in [2.75, 3.05) is 0 Å². The lowest BCUT2D eigenvalue weighted by Gasteiger charge is -2.08. The van der Waals surface area contributed by atoms with E-state index in [4.69, 9.17) is 0 Å². The quantitative estimate of drug-likeness (QED) is 0.706. The summed E-state index contributed by atoms with van der Waals surface area (Å²) in [7, 11) is 0. The standard InChI is InChI=1S/C21H20F3N3/c22-21(23,24)20-10-11-27(26-20)19-8-5-15(6-9-19)13-25-14-16-4-7-17-2-1-3-18(17)12-16/h4-12,25H,1-3,13-14H2. The topological polar surface area (TPSA) is 29.9 Å². The second-order valence-corrected chi connectivity index (χ2v) is 6.87. The van der Waals surface area contributed by atoms with E-state index < -0.39 is 11.9 Å². The van der Waals surface area contributed by atoms with E-state index in [0.717, 1.165) is 18.2 Å². The van der Waals surface area contributed by atoms with E-state index in [2.05, 4.69) is 28.6 Å². The molecule has 3 aromatic rings. The minimum absolute atomic E-state index is 0.605. The zero-order chi connectivity index (χ0) is 18.9. The molecular formula is C21H20F3N3. The first-order valence-corrected chi connectivity index (χ1v) is 9.03. The summed E-state index contributed by atoms with van der Waals surface area (Å²) in [5.74, 6) is 0. The van der Waals surface area contributed by atoms with Gasteiger partial charge in [0.1, 0.15) is 0 Å². The first kappa shape index (κ1) is 17.8. The monoisotopic (exact) mass is 371 g/mol. The predicted molar refractivity (Wildman–Crippen MR) is 97.6 cm³/mol. The van der Waals surface area contributed by atoms with Gasteiger partial charge in [-0.15, -0.1) is 0 Å². The number of aromatic nitrogens is 2. The fourth-order valence-electron chi connectivity index (χ4n) is 3.47. The van der Waals surface area contributed by atoms with E-state index in [-0.39, 0.29) is 0 Å². The van der Waals surface area contributed by atoms with Crippen molar-refractivity contribution in [1.82, 2.24) is 15.1 Å². The van der Waals surface area contributed by atoms with Crippen molar-refractivity contribution in [3.63, 3.8) is 0 Å². The maximum atomic E-state index is 12.6. The zero-order valence-electron chi connectivity index (χ0n) is 14.8. The molecule has 2 aromatic carbocycles. The van der Waals surface area contributed by atoms with Gasteiger partial charge >= 0.3 is 6.18 Å². The van der Waals surface area contributed by atoms with Crippen molar-refractivity contribution >= 4 is 0 Å². The smallest absolute Gasteiger partial charge is 0.309 e. The molecule has 0 saturated heterocycles. The summed E-state index contributed by atoms with van der Waals surface area (Å²) in [4.78, 5) is 0. The molecule has 1 N–H and O–H groups in total. The number of nitrogens with zero attached hydrogens (tertiary/aromatic N) is 2. The number of nitrogens with one attached hydrogen (secondary N) is 1. The molecule has 0 unspecified atom stereocenters. The van der Waals surface area contributed by atoms with Crippen LogP contribution in [-0.4, -0.2) is 9.78 Å². The lowest BCUT2D eigenvalue weighted by atomic mass is 10.1. The van der Waals surface area contributed by atoms with Crippen molar-refractivity contribution in [3.05, 3.63) is 82.7 Å². The van der Waals surface area contributed by atoms with Crippen LogP contribution in [0.1, 0.15) is 34.4 Å². The number of aryl methyl sites for hydroxylation is 2. The van der Waals surface area contributed by atoms with Gasteiger partial charge in [-0.25, -0.2) is 4.68 Å². The van der Waals surface area contributed by atoms with Gasteiger partial charge in [0, 0.05) is 19.3 Å². The first-order valence-electron chi connectivity index (χ1n) is 9.03. The van der Waals surface area contributed by atoms with Gasteiger partial charge in [-0.05, 0) is 59.7 Å². The molecule has 6 heteroatoms. The summed E-state index contributed by atoms with van der Waals surface area (Å²) in [6, 6.07) is 15.0. The molecule has 1 aliphatic carbocycles. The average Bonchev–Trinajstić information content (AvgIpc) is 3.31. The van der Waals surface area contributed by atoms with Crippen molar-refractivity contribution in [1.29, 1.82) is 0 Å². The van der Waals surface area contributed by atoms with Crippen LogP contribution in [0.4, 0.5) is 13.2 Å². The molecule has 3 nitrogen and oxygen atoms in total. The first-order chi connectivity index (χ1) is 13.0. The highest BCUT2D eigenvalue weighted by molar-refractivity contribution is 5.36. The van der Waals surface area contributed by atoms with Crippen LogP contribution in [0.25, 0.3) is 5.69 Å². The van der Waals surface area contributed by atoms with E-state index in [1.807, 2.05) is 12.1 Å². The number of rotatable bonds is 5. The summed E-state index contributed by atoms with van der Waals surface area (Å²) in [6.45, 7) is 1.49. The van der Waals surface area contributed by atoms with E-state index in [1.165, 1.54) is 46.8 Å². The normalized spacial score (nSPS) is 13.7. The highest BCUT2D eigenvalue weighted by atomic mass is 19.4. The number of fused-ring (bicyclic) bond motifs is 1. The predicted octanol–water partition coefficient (Wildman–Crippen LogP) is 4.67. The Balaban J connectivity index is 1.35. The molecule has 1 heterocycles. The third-order valence-electron chi connectivity index (χ3n) is 4.90. The fourth-order valence-corrected chi connectivity index (χ4v) is 3.47. The molecule has 1 aliphatic rings. The van der Waals surface area contributed by atoms with E-state index in [0.29, 0.717) is 12.2 Å². The number of halogens is 3. The molecule has 0 radical (unpaired) electrons. The van der Waals surface area contributed by atoms with Gasteiger partial charge in [0.25, 0.3) is 0 Å². The molecular weight excluding hydrogens is 351 g/mol. The van der Waals surface area contributed by atoms with Gasteiger partial charge in [-0.3, -0.25) is 0 Å². The van der Waals surface area contributed by atoms with Crippen LogP contribution in [0.3, 0.4) is 0 Å². The maximum Gasteiger partial charge on any atom is 0.435 e. The van der Waals surface area contributed by atoms with E-state index in [9.17, 15) is 13.2 Å². The summed E-state index contributed by atoms with van der Waals surface area (Å²) >= 11 is 0. The Bertz CT molecular complexity index is 927. The summed E-state index contributed by atoms with van der Waals surface area (Å²) in [6.07, 6.45) is 0.514. The zero-order valence-corrected chi connectivity index (χ0v) is 14.8. The lowest BCUT2D eigenvalue weighted by Crippen LogP contribution is -2.13. The largest absolute Gasteiger partial charge is 0.435 e. The van der Waals surface area contributed by atoms with Gasteiger partial charge in [0.2, 0.25) is 0 Å². The molecule has 0 atom stereocenters. The van der Waals surface area contributed by atoms with Crippen LogP contribution in [-0.2, 0) is 32.1 Å². The molecule has 140 valence electrons. The molecule has 0 spiro atoms. The fraction of sp³-hybridized carbons (Fsp3) is 0.286. The minimum atomic E-state index is -4.42. The molecule has 0 bridgehead atoms. The number of hydrogen-bond donors (Lipinski definition) is 1. The van der Waals surface area contributed by atoms with E-state index >= 15 is 0 Å². The van der Waals surface area contributed by atoms with Crippen molar-refractivity contribution in [2.24, 2.45) is 0 Å². The van der Waals surface area contributed by atoms with Crippen LogP contribution in [0, 0.1) is 0 Å². The Morgan fingerprint density at radius 3 is 2.33 bits per heavy atom.